The Balaban J connectivity index is 1.24. The highest BCUT2D eigenvalue weighted by molar-refractivity contribution is 6.13. The number of hydrogen-bond acceptors (Lipinski definition) is 5. The fourth-order valence-electron chi connectivity index (χ4n) is 6.31. The third-order valence-electron chi connectivity index (χ3n) is 8.56. The Morgan fingerprint density at radius 1 is 0.380 bits per heavy atom. The van der Waals surface area contributed by atoms with Crippen molar-refractivity contribution in [2.75, 3.05) is 0 Å². The molecule has 0 N–H and O–H groups in total. The molecule has 3 heterocycles. The minimum absolute atomic E-state index is 0.0220. The summed E-state index contributed by atoms with van der Waals surface area (Å²) in [6, 6.07) is 21.5. The van der Waals surface area contributed by atoms with Gasteiger partial charge in [-0.25, -0.2) is 15.0 Å². The van der Waals surface area contributed by atoms with Crippen LogP contribution < -0.4 is 0 Å². The predicted molar refractivity (Wildman–Crippen MR) is 202 cm³/mol. The van der Waals surface area contributed by atoms with Gasteiger partial charge in [-0.1, -0.05) is 127 Å². The number of para-hydroxylation sites is 2. The van der Waals surface area contributed by atoms with E-state index in [1.807, 2.05) is 54.6 Å². The number of hydrogen-bond donors (Lipinski definition) is 0. The standard InChI is InChI=1S/C45H27N3O2/c1-2-12-28(13-3-1)29-14-8-15-30(26-29)31-16-9-17-32(27-31)43-46-44(35-20-10-24-39-41(35)33-18-4-6-22-37(33)49-39)48-45(47-43)36-21-11-25-40-42(36)34-19-5-7-23-38(34)50-40/h1-27H/i1D,2D,3D,4D,6D,10D,12D,13D,18D,20D,22D,24D. The van der Waals surface area contributed by atoms with Crippen molar-refractivity contribution in [3.63, 3.8) is 0 Å². The summed E-state index contributed by atoms with van der Waals surface area (Å²) in [5.41, 5.74) is 3.43. The van der Waals surface area contributed by atoms with E-state index in [1.165, 1.54) is 0 Å². The number of aromatic nitrogens is 3. The SMILES string of the molecule is [2H]c1c([2H])c([2H])c(-c2cccc(-c3cccc(-c4nc(-c5cccc6oc7ccccc7c56)nc(-c5c([2H])c([2H])c([2H])c6oc7c([2H])c([2H])c([2H])c([2H])c7c56)n4)c3)c2)c([2H])c1[2H]. The molecule has 0 unspecified atom stereocenters. The van der Waals surface area contributed by atoms with E-state index in [0.717, 1.165) is 5.39 Å². The van der Waals surface area contributed by atoms with Crippen LogP contribution in [0.5, 0.6) is 0 Å². The Morgan fingerprint density at radius 3 is 1.84 bits per heavy atom. The first-order valence-electron chi connectivity index (χ1n) is 21.6. The Bertz CT molecular complexity index is 3560. The molecular weight excluding hydrogens is 615 g/mol. The number of rotatable bonds is 5. The third-order valence-corrected chi connectivity index (χ3v) is 8.56. The molecule has 0 radical (unpaired) electrons. The summed E-state index contributed by atoms with van der Waals surface area (Å²) >= 11 is 0. The van der Waals surface area contributed by atoms with Crippen molar-refractivity contribution >= 4 is 43.9 Å². The average Bonchev–Trinajstić information content (AvgIpc) is 3.88. The third kappa shape index (κ3) is 4.67. The first-order valence-corrected chi connectivity index (χ1v) is 15.6. The first-order chi connectivity index (χ1) is 29.7. The molecule has 0 saturated carbocycles. The van der Waals surface area contributed by atoms with Crippen molar-refractivity contribution in [1.29, 1.82) is 0 Å². The molecule has 234 valence electrons. The van der Waals surface area contributed by atoms with Gasteiger partial charge in [0, 0.05) is 38.2 Å². The number of nitrogens with zero attached hydrogens (tertiary/aromatic N) is 3. The second-order valence-corrected chi connectivity index (χ2v) is 11.5. The van der Waals surface area contributed by atoms with E-state index in [0.29, 0.717) is 44.4 Å². The molecule has 7 aromatic carbocycles. The summed E-state index contributed by atoms with van der Waals surface area (Å²) < 4.78 is 115. The van der Waals surface area contributed by atoms with E-state index in [9.17, 15) is 1.37 Å². The lowest BCUT2D eigenvalue weighted by Crippen LogP contribution is -2.01. The Morgan fingerprint density at radius 2 is 0.980 bits per heavy atom. The zero-order valence-electron chi connectivity index (χ0n) is 37.8. The van der Waals surface area contributed by atoms with Crippen LogP contribution in [0.25, 0.3) is 100 Å². The van der Waals surface area contributed by atoms with Crippen molar-refractivity contribution in [3.05, 3.63) is 164 Å². The van der Waals surface area contributed by atoms with Gasteiger partial charge in [0.15, 0.2) is 17.5 Å². The maximum Gasteiger partial charge on any atom is 0.164 e. The largest absolute Gasteiger partial charge is 0.456 e. The van der Waals surface area contributed by atoms with Crippen LogP contribution in [0, 0.1) is 0 Å². The van der Waals surface area contributed by atoms with E-state index in [1.54, 1.807) is 36.4 Å². The van der Waals surface area contributed by atoms with Crippen LogP contribution in [0.3, 0.4) is 0 Å². The molecule has 10 aromatic rings. The summed E-state index contributed by atoms with van der Waals surface area (Å²) in [5, 5.41) is 1.38. The van der Waals surface area contributed by atoms with Crippen LogP contribution in [0.15, 0.2) is 172 Å². The van der Waals surface area contributed by atoms with E-state index in [4.69, 9.17) is 38.9 Å². The predicted octanol–water partition coefficient (Wildman–Crippen LogP) is 12.0. The molecule has 0 amide bonds. The average molecular weight is 654 g/mol. The van der Waals surface area contributed by atoms with E-state index >= 15 is 0 Å². The second kappa shape index (κ2) is 11.4. The summed E-state index contributed by atoms with van der Waals surface area (Å²) in [6.45, 7) is 0. The Hall–Kier alpha value is -6.85. The van der Waals surface area contributed by atoms with Crippen LogP contribution in [0.1, 0.15) is 16.4 Å². The lowest BCUT2D eigenvalue weighted by atomic mass is 9.98. The van der Waals surface area contributed by atoms with Gasteiger partial charge in [0.2, 0.25) is 0 Å². The molecule has 50 heavy (non-hydrogen) atoms. The van der Waals surface area contributed by atoms with Crippen molar-refractivity contribution in [3.8, 4) is 56.4 Å². The van der Waals surface area contributed by atoms with Crippen LogP contribution >= 0.6 is 0 Å². The van der Waals surface area contributed by atoms with Gasteiger partial charge in [-0.3, -0.25) is 0 Å². The highest BCUT2D eigenvalue weighted by Crippen LogP contribution is 2.39. The van der Waals surface area contributed by atoms with Crippen LogP contribution in [0.2, 0.25) is 0 Å². The lowest BCUT2D eigenvalue weighted by molar-refractivity contribution is 0.668. The minimum atomic E-state index is -0.549. The number of benzene rings is 7. The summed E-state index contributed by atoms with van der Waals surface area (Å²) in [4.78, 5) is 14.8. The Kier molecular flexibility index (Phi) is 4.24. The molecular formula is C45H27N3O2. The molecule has 0 atom stereocenters. The van der Waals surface area contributed by atoms with Gasteiger partial charge in [-0.15, -0.1) is 0 Å². The van der Waals surface area contributed by atoms with E-state index in [-0.39, 0.29) is 62.6 Å². The molecule has 0 spiro atoms. The maximum atomic E-state index is 9.24. The first kappa shape index (κ1) is 18.6. The number of furan rings is 2. The summed E-state index contributed by atoms with van der Waals surface area (Å²) in [7, 11) is 0. The zero-order valence-corrected chi connectivity index (χ0v) is 25.8. The molecule has 0 fully saturated rings. The van der Waals surface area contributed by atoms with Gasteiger partial charge in [0.05, 0.1) is 16.4 Å². The molecule has 5 heteroatoms. The highest BCUT2D eigenvalue weighted by atomic mass is 16.3. The summed E-state index contributed by atoms with van der Waals surface area (Å²) in [5.74, 6) is 0.156. The monoisotopic (exact) mass is 653 g/mol. The second-order valence-electron chi connectivity index (χ2n) is 11.5. The van der Waals surface area contributed by atoms with Gasteiger partial charge in [-0.2, -0.15) is 0 Å². The molecule has 0 aliphatic carbocycles. The highest BCUT2D eigenvalue weighted by Gasteiger charge is 2.20. The van der Waals surface area contributed by atoms with Crippen molar-refractivity contribution < 1.29 is 25.3 Å². The van der Waals surface area contributed by atoms with Gasteiger partial charge in [0.25, 0.3) is 0 Å². The zero-order chi connectivity index (χ0) is 43.5. The molecule has 0 saturated heterocycles. The molecule has 3 aromatic heterocycles. The van der Waals surface area contributed by atoms with Crippen LogP contribution in [-0.4, -0.2) is 15.0 Å². The Labute approximate surface area is 304 Å². The summed E-state index contributed by atoms with van der Waals surface area (Å²) in [6.07, 6.45) is 0. The smallest absolute Gasteiger partial charge is 0.164 e. The van der Waals surface area contributed by atoms with Crippen molar-refractivity contribution in [2.24, 2.45) is 0 Å². The molecule has 10 rings (SSSR count). The van der Waals surface area contributed by atoms with Gasteiger partial charge < -0.3 is 8.83 Å². The molecule has 5 nitrogen and oxygen atoms in total. The molecule has 0 bridgehead atoms. The van der Waals surface area contributed by atoms with Gasteiger partial charge in [0.1, 0.15) is 22.3 Å². The normalized spacial score (nSPS) is 15.0. The topological polar surface area (TPSA) is 65.0 Å². The lowest BCUT2D eigenvalue weighted by Gasteiger charge is -2.11. The van der Waals surface area contributed by atoms with Gasteiger partial charge >= 0.3 is 0 Å². The maximum absolute atomic E-state index is 9.24. The van der Waals surface area contributed by atoms with Crippen molar-refractivity contribution in [1.82, 2.24) is 15.0 Å². The molecule has 0 aliphatic heterocycles. The fraction of sp³-hybridized carbons (Fsp3) is 0. The van der Waals surface area contributed by atoms with Crippen LogP contribution in [0.4, 0.5) is 0 Å². The quantitative estimate of drug-likeness (QED) is 0.185. The fourth-order valence-corrected chi connectivity index (χ4v) is 6.31. The van der Waals surface area contributed by atoms with E-state index in [2.05, 4.69) is 0 Å². The van der Waals surface area contributed by atoms with Crippen LogP contribution in [-0.2, 0) is 0 Å². The van der Waals surface area contributed by atoms with E-state index < -0.39 is 60.4 Å². The molecule has 0 aliphatic rings. The minimum Gasteiger partial charge on any atom is -0.456 e. The van der Waals surface area contributed by atoms with Gasteiger partial charge in [-0.05, 0) is 58.6 Å². The number of fused-ring (bicyclic) bond motifs is 6. The van der Waals surface area contributed by atoms with Crippen molar-refractivity contribution in [2.45, 2.75) is 0 Å².